The van der Waals surface area contributed by atoms with Crippen LogP contribution in [0.3, 0.4) is 0 Å². The smallest absolute Gasteiger partial charge is 0.363 e. The van der Waals surface area contributed by atoms with Crippen LogP contribution in [0.4, 0.5) is 0 Å². The van der Waals surface area contributed by atoms with Gasteiger partial charge in [-0.1, -0.05) is 35.9 Å². The van der Waals surface area contributed by atoms with Crippen LogP contribution in [0, 0.1) is 0 Å². The van der Waals surface area contributed by atoms with Gasteiger partial charge in [0.2, 0.25) is 5.90 Å². The number of benzene rings is 2. The predicted octanol–water partition coefficient (Wildman–Crippen LogP) is 4.08. The van der Waals surface area contributed by atoms with Crippen LogP contribution in [0.5, 0.6) is 5.75 Å². The van der Waals surface area contributed by atoms with Crippen LogP contribution in [0.25, 0.3) is 6.08 Å². The number of carbonyl (C=O) groups excluding carboxylic acids is 1. The van der Waals surface area contributed by atoms with Crippen molar-refractivity contribution in [3.8, 4) is 5.75 Å². The molecule has 1 heterocycles. The van der Waals surface area contributed by atoms with E-state index in [2.05, 4.69) is 4.99 Å². The van der Waals surface area contributed by atoms with Gasteiger partial charge in [-0.05, 0) is 37.3 Å². The Hall–Kier alpha value is -2.59. The van der Waals surface area contributed by atoms with Gasteiger partial charge in [0, 0.05) is 16.1 Å². The van der Waals surface area contributed by atoms with Crippen molar-refractivity contribution in [2.24, 2.45) is 4.99 Å². The van der Waals surface area contributed by atoms with Crippen molar-refractivity contribution in [2.45, 2.75) is 6.92 Å². The standard InChI is InChI=1S/C18H14ClNO3/c1-2-22-16-9-4-3-6-12(16)11-15-18(21)23-17(20-15)13-7-5-8-14(19)10-13/h3-11H,2H2,1H3. The minimum atomic E-state index is -0.494. The van der Waals surface area contributed by atoms with Crippen LogP contribution in [0.2, 0.25) is 5.02 Å². The van der Waals surface area contributed by atoms with Gasteiger partial charge in [-0.25, -0.2) is 9.79 Å². The number of cyclic esters (lactones) is 1. The quantitative estimate of drug-likeness (QED) is 0.628. The number of hydrogen-bond acceptors (Lipinski definition) is 4. The molecule has 0 unspecified atom stereocenters. The zero-order valence-corrected chi connectivity index (χ0v) is 13.2. The van der Waals surface area contributed by atoms with E-state index >= 15 is 0 Å². The molecule has 0 fully saturated rings. The fraction of sp³-hybridized carbons (Fsp3) is 0.111. The maximum absolute atomic E-state index is 12.0. The molecule has 0 aliphatic carbocycles. The second-order valence-electron chi connectivity index (χ2n) is 4.82. The Labute approximate surface area is 139 Å². The zero-order chi connectivity index (χ0) is 16.2. The fourth-order valence-corrected chi connectivity index (χ4v) is 2.38. The largest absolute Gasteiger partial charge is 0.493 e. The predicted molar refractivity (Wildman–Crippen MR) is 89.7 cm³/mol. The minimum absolute atomic E-state index is 0.229. The molecule has 2 aromatic rings. The third kappa shape index (κ3) is 3.43. The summed E-state index contributed by atoms with van der Waals surface area (Å²) in [6, 6.07) is 14.5. The monoisotopic (exact) mass is 327 g/mol. The molecule has 1 aliphatic heterocycles. The lowest BCUT2D eigenvalue weighted by atomic mass is 10.1. The minimum Gasteiger partial charge on any atom is -0.493 e. The molecule has 4 nitrogen and oxygen atoms in total. The number of ether oxygens (including phenoxy) is 2. The normalized spacial score (nSPS) is 15.5. The summed E-state index contributed by atoms with van der Waals surface area (Å²) in [4.78, 5) is 16.3. The van der Waals surface area contributed by atoms with Gasteiger partial charge in [0.05, 0.1) is 6.61 Å². The molecule has 0 bridgehead atoms. The second kappa shape index (κ2) is 6.67. The number of aliphatic imine (C=N–C) groups is 1. The SMILES string of the molecule is CCOc1ccccc1C=C1N=C(c2cccc(Cl)c2)OC1=O. The van der Waals surface area contributed by atoms with Gasteiger partial charge >= 0.3 is 5.97 Å². The van der Waals surface area contributed by atoms with Gasteiger partial charge in [-0.2, -0.15) is 0 Å². The molecule has 0 aromatic heterocycles. The van der Waals surface area contributed by atoms with Gasteiger partial charge < -0.3 is 9.47 Å². The topological polar surface area (TPSA) is 47.9 Å². The molecular formula is C18H14ClNO3. The maximum Gasteiger partial charge on any atom is 0.363 e. The Morgan fingerprint density at radius 1 is 1.22 bits per heavy atom. The van der Waals surface area contributed by atoms with Gasteiger partial charge in [0.1, 0.15) is 5.75 Å². The molecule has 3 rings (SSSR count). The Balaban J connectivity index is 1.95. The molecule has 0 saturated heterocycles. The summed E-state index contributed by atoms with van der Waals surface area (Å²) in [5.41, 5.74) is 1.66. The lowest BCUT2D eigenvalue weighted by Gasteiger charge is -2.06. The summed E-state index contributed by atoms with van der Waals surface area (Å²) in [7, 11) is 0. The van der Waals surface area contributed by atoms with E-state index in [4.69, 9.17) is 21.1 Å². The van der Waals surface area contributed by atoms with Gasteiger partial charge in [0.25, 0.3) is 0 Å². The van der Waals surface area contributed by atoms with Crippen molar-refractivity contribution in [1.82, 2.24) is 0 Å². The van der Waals surface area contributed by atoms with Crippen LogP contribution in [0.1, 0.15) is 18.1 Å². The van der Waals surface area contributed by atoms with Crippen LogP contribution in [0.15, 0.2) is 59.2 Å². The summed E-state index contributed by atoms with van der Waals surface area (Å²) >= 11 is 5.95. The van der Waals surface area contributed by atoms with E-state index in [0.29, 0.717) is 22.9 Å². The Bertz CT molecular complexity index is 811. The molecule has 5 heteroatoms. The maximum atomic E-state index is 12.0. The number of halogens is 1. The Kier molecular flexibility index (Phi) is 4.44. The number of para-hydroxylation sites is 1. The third-order valence-corrected chi connectivity index (χ3v) is 3.44. The molecule has 0 atom stereocenters. The van der Waals surface area contributed by atoms with E-state index in [1.807, 2.05) is 31.2 Å². The summed E-state index contributed by atoms with van der Waals surface area (Å²) in [6.45, 7) is 2.45. The highest BCUT2D eigenvalue weighted by Crippen LogP contribution is 2.25. The first-order valence-corrected chi connectivity index (χ1v) is 7.55. The van der Waals surface area contributed by atoms with Gasteiger partial charge in [-0.15, -0.1) is 0 Å². The van der Waals surface area contributed by atoms with E-state index in [-0.39, 0.29) is 11.6 Å². The van der Waals surface area contributed by atoms with Crippen LogP contribution >= 0.6 is 11.6 Å². The summed E-state index contributed by atoms with van der Waals surface area (Å²) in [6.07, 6.45) is 1.66. The second-order valence-corrected chi connectivity index (χ2v) is 5.25. The number of hydrogen-bond donors (Lipinski definition) is 0. The van der Waals surface area contributed by atoms with E-state index in [9.17, 15) is 4.79 Å². The molecular weight excluding hydrogens is 314 g/mol. The highest BCUT2D eigenvalue weighted by molar-refractivity contribution is 6.31. The van der Waals surface area contributed by atoms with Gasteiger partial charge in [0.15, 0.2) is 5.70 Å². The van der Waals surface area contributed by atoms with E-state index < -0.39 is 5.97 Å². The molecule has 0 radical (unpaired) electrons. The van der Waals surface area contributed by atoms with Crippen molar-refractivity contribution < 1.29 is 14.3 Å². The number of carbonyl (C=O) groups is 1. The average molecular weight is 328 g/mol. The highest BCUT2D eigenvalue weighted by atomic mass is 35.5. The third-order valence-electron chi connectivity index (χ3n) is 3.20. The molecule has 2 aromatic carbocycles. The summed E-state index contributed by atoms with van der Waals surface area (Å²) in [5, 5.41) is 0.556. The van der Waals surface area contributed by atoms with Gasteiger partial charge in [-0.3, -0.25) is 0 Å². The first-order valence-electron chi connectivity index (χ1n) is 7.17. The lowest BCUT2D eigenvalue weighted by molar-refractivity contribution is -0.129. The Morgan fingerprint density at radius 2 is 2.04 bits per heavy atom. The average Bonchev–Trinajstić information content (AvgIpc) is 2.91. The van der Waals surface area contributed by atoms with Crippen LogP contribution < -0.4 is 4.74 Å². The summed E-state index contributed by atoms with van der Waals surface area (Å²) in [5.74, 6) is 0.450. The zero-order valence-electron chi connectivity index (χ0n) is 12.5. The number of esters is 1. The van der Waals surface area contributed by atoms with Crippen molar-refractivity contribution in [1.29, 1.82) is 0 Å². The first kappa shape index (κ1) is 15.3. The van der Waals surface area contributed by atoms with E-state index in [1.165, 1.54) is 0 Å². The Morgan fingerprint density at radius 3 is 2.83 bits per heavy atom. The molecule has 0 amide bonds. The van der Waals surface area contributed by atoms with Crippen molar-refractivity contribution in [3.05, 3.63) is 70.4 Å². The van der Waals surface area contributed by atoms with E-state index in [1.54, 1.807) is 30.3 Å². The van der Waals surface area contributed by atoms with Crippen molar-refractivity contribution >= 4 is 29.5 Å². The van der Waals surface area contributed by atoms with Crippen LogP contribution in [-0.2, 0) is 9.53 Å². The van der Waals surface area contributed by atoms with Crippen molar-refractivity contribution in [2.75, 3.05) is 6.61 Å². The molecule has 1 aliphatic rings. The molecule has 0 N–H and O–H groups in total. The van der Waals surface area contributed by atoms with E-state index in [0.717, 1.165) is 5.56 Å². The number of rotatable bonds is 4. The molecule has 0 saturated carbocycles. The number of nitrogens with zero attached hydrogens (tertiary/aromatic N) is 1. The fourth-order valence-electron chi connectivity index (χ4n) is 2.19. The molecule has 116 valence electrons. The highest BCUT2D eigenvalue weighted by Gasteiger charge is 2.24. The first-order chi connectivity index (χ1) is 11.2. The summed E-state index contributed by atoms with van der Waals surface area (Å²) < 4.78 is 10.8. The van der Waals surface area contributed by atoms with Crippen LogP contribution in [-0.4, -0.2) is 18.5 Å². The lowest BCUT2D eigenvalue weighted by Crippen LogP contribution is -2.05. The molecule has 23 heavy (non-hydrogen) atoms. The van der Waals surface area contributed by atoms with Crippen molar-refractivity contribution in [3.63, 3.8) is 0 Å². The molecule has 0 spiro atoms.